The monoisotopic (exact) mass is 419 g/mol. The van der Waals surface area contributed by atoms with Gasteiger partial charge in [-0.05, 0) is 42.8 Å². The molecule has 1 saturated heterocycles. The first-order valence-corrected chi connectivity index (χ1v) is 10.3. The standard InChI is InChI=1S/C23H22FN5O2/c1-15-3-2-7-29-14-18(25-22(15)29)13-28-10-9-27(8-6-21(28)30)23(31)20-12-16-11-17(24)4-5-19(16)26-20/h2-5,7,11-12,14,26H,6,8-10,13H2,1H3. The van der Waals surface area contributed by atoms with Crippen LogP contribution in [0.1, 0.15) is 28.2 Å². The lowest BCUT2D eigenvalue weighted by Crippen LogP contribution is -2.35. The second kappa shape index (κ2) is 7.54. The fourth-order valence-electron chi connectivity index (χ4n) is 4.10. The highest BCUT2D eigenvalue weighted by molar-refractivity contribution is 5.98. The Morgan fingerprint density at radius 3 is 2.90 bits per heavy atom. The number of aromatic nitrogens is 3. The molecule has 7 nitrogen and oxygen atoms in total. The predicted octanol–water partition coefficient (Wildman–Crippen LogP) is 3.14. The maximum absolute atomic E-state index is 13.5. The van der Waals surface area contributed by atoms with Crippen LogP contribution in [0.25, 0.3) is 16.6 Å². The van der Waals surface area contributed by atoms with E-state index in [1.54, 1.807) is 21.9 Å². The number of benzene rings is 1. The van der Waals surface area contributed by atoms with Crippen molar-refractivity contribution >= 4 is 28.4 Å². The number of imidazole rings is 1. The molecular weight excluding hydrogens is 397 g/mol. The Morgan fingerprint density at radius 2 is 2.06 bits per heavy atom. The highest BCUT2D eigenvalue weighted by atomic mass is 19.1. The maximum atomic E-state index is 13.5. The highest BCUT2D eigenvalue weighted by Gasteiger charge is 2.26. The Kier molecular flexibility index (Phi) is 4.69. The van der Waals surface area contributed by atoms with Crippen LogP contribution in [0.4, 0.5) is 4.39 Å². The molecule has 0 atom stereocenters. The number of hydrogen-bond acceptors (Lipinski definition) is 3. The van der Waals surface area contributed by atoms with Crippen LogP contribution in [0, 0.1) is 12.7 Å². The van der Waals surface area contributed by atoms with Crippen LogP contribution in [-0.2, 0) is 11.3 Å². The number of nitrogens with one attached hydrogen (secondary N) is 1. The Hall–Kier alpha value is -3.68. The number of hydrogen-bond donors (Lipinski definition) is 1. The molecular formula is C23H22FN5O2. The number of amides is 2. The van der Waals surface area contributed by atoms with Gasteiger partial charge < -0.3 is 19.2 Å². The van der Waals surface area contributed by atoms with Crippen molar-refractivity contribution in [1.82, 2.24) is 24.2 Å². The molecule has 158 valence electrons. The van der Waals surface area contributed by atoms with Gasteiger partial charge in [0, 0.05) is 49.4 Å². The number of aromatic amines is 1. The van der Waals surface area contributed by atoms with Gasteiger partial charge in [0.05, 0.1) is 12.2 Å². The molecule has 1 aliphatic rings. The molecule has 4 heterocycles. The van der Waals surface area contributed by atoms with Gasteiger partial charge in [-0.1, -0.05) is 6.07 Å². The van der Waals surface area contributed by atoms with Crippen molar-refractivity contribution in [3.8, 4) is 0 Å². The molecule has 0 bridgehead atoms. The number of aryl methyl sites for hydroxylation is 1. The van der Waals surface area contributed by atoms with Gasteiger partial charge in [0.1, 0.15) is 17.2 Å². The molecule has 8 heteroatoms. The van der Waals surface area contributed by atoms with Crippen molar-refractivity contribution in [3.05, 3.63) is 71.6 Å². The van der Waals surface area contributed by atoms with Crippen LogP contribution in [0.3, 0.4) is 0 Å². The van der Waals surface area contributed by atoms with Gasteiger partial charge >= 0.3 is 0 Å². The average molecular weight is 419 g/mol. The van der Waals surface area contributed by atoms with Crippen LogP contribution in [0.15, 0.2) is 48.8 Å². The number of halogens is 1. The summed E-state index contributed by atoms with van der Waals surface area (Å²) in [7, 11) is 0. The molecule has 1 aliphatic heterocycles. The minimum atomic E-state index is -0.344. The van der Waals surface area contributed by atoms with Crippen LogP contribution >= 0.6 is 0 Å². The van der Waals surface area contributed by atoms with E-state index in [2.05, 4.69) is 9.97 Å². The zero-order valence-corrected chi connectivity index (χ0v) is 17.1. The number of fused-ring (bicyclic) bond motifs is 2. The lowest BCUT2D eigenvalue weighted by Gasteiger charge is -2.21. The molecule has 3 aromatic heterocycles. The van der Waals surface area contributed by atoms with E-state index in [9.17, 15) is 14.0 Å². The summed E-state index contributed by atoms with van der Waals surface area (Å²) in [6, 6.07) is 10.00. The zero-order valence-electron chi connectivity index (χ0n) is 17.1. The van der Waals surface area contributed by atoms with Gasteiger partial charge in [-0.25, -0.2) is 9.37 Å². The first-order valence-electron chi connectivity index (χ1n) is 10.3. The van der Waals surface area contributed by atoms with E-state index < -0.39 is 0 Å². The summed E-state index contributed by atoms with van der Waals surface area (Å²) in [5.41, 5.74) is 3.88. The van der Waals surface area contributed by atoms with Gasteiger partial charge in [-0.15, -0.1) is 0 Å². The molecule has 1 N–H and O–H groups in total. The van der Waals surface area contributed by atoms with Crippen molar-refractivity contribution in [1.29, 1.82) is 0 Å². The van der Waals surface area contributed by atoms with Crippen LogP contribution in [0.2, 0.25) is 0 Å². The number of carbonyl (C=O) groups excluding carboxylic acids is 2. The van der Waals surface area contributed by atoms with Crippen molar-refractivity contribution < 1.29 is 14.0 Å². The van der Waals surface area contributed by atoms with Gasteiger partial charge in [-0.2, -0.15) is 0 Å². The van der Waals surface area contributed by atoms with E-state index in [0.717, 1.165) is 16.9 Å². The average Bonchev–Trinajstić information content (AvgIpc) is 3.31. The lowest BCUT2D eigenvalue weighted by atomic mass is 10.2. The molecule has 1 fully saturated rings. The Morgan fingerprint density at radius 1 is 1.19 bits per heavy atom. The minimum Gasteiger partial charge on any atom is -0.351 e. The molecule has 0 spiro atoms. The van der Waals surface area contributed by atoms with Crippen molar-refractivity contribution in [2.45, 2.75) is 19.9 Å². The second-order valence-corrected chi connectivity index (χ2v) is 7.93. The summed E-state index contributed by atoms with van der Waals surface area (Å²) in [5.74, 6) is -0.527. The van der Waals surface area contributed by atoms with Crippen molar-refractivity contribution in [2.24, 2.45) is 0 Å². The normalized spacial score (nSPS) is 15.1. The Labute approximate surface area is 178 Å². The predicted molar refractivity (Wildman–Crippen MR) is 114 cm³/mol. The molecule has 5 rings (SSSR count). The Bertz CT molecular complexity index is 1310. The SMILES string of the molecule is Cc1cccn2cc(CN3CCN(C(=O)c4cc5cc(F)ccc5[nH]4)CCC3=O)nc12. The number of nitrogens with zero attached hydrogens (tertiary/aromatic N) is 4. The van der Waals surface area contributed by atoms with Crippen LogP contribution in [0.5, 0.6) is 0 Å². The van der Waals surface area contributed by atoms with E-state index in [1.807, 2.05) is 35.9 Å². The molecule has 1 aromatic carbocycles. The number of rotatable bonds is 3. The van der Waals surface area contributed by atoms with E-state index in [0.29, 0.717) is 42.8 Å². The third-order valence-electron chi connectivity index (χ3n) is 5.77. The third-order valence-corrected chi connectivity index (χ3v) is 5.77. The summed E-state index contributed by atoms with van der Waals surface area (Å²) in [5, 5.41) is 0.651. The van der Waals surface area contributed by atoms with Gasteiger partial charge in [-0.3, -0.25) is 9.59 Å². The third kappa shape index (κ3) is 3.65. The smallest absolute Gasteiger partial charge is 0.270 e. The minimum absolute atomic E-state index is 0.00259. The van der Waals surface area contributed by atoms with E-state index in [4.69, 9.17) is 0 Å². The second-order valence-electron chi connectivity index (χ2n) is 7.93. The largest absolute Gasteiger partial charge is 0.351 e. The molecule has 0 unspecified atom stereocenters. The molecule has 31 heavy (non-hydrogen) atoms. The van der Waals surface area contributed by atoms with Crippen molar-refractivity contribution in [3.63, 3.8) is 0 Å². The summed E-state index contributed by atoms with van der Waals surface area (Å²) in [6.45, 7) is 3.63. The van der Waals surface area contributed by atoms with Gasteiger partial charge in [0.25, 0.3) is 5.91 Å². The van der Waals surface area contributed by atoms with Gasteiger partial charge in [0.15, 0.2) is 0 Å². The first kappa shape index (κ1) is 19.3. The molecule has 0 saturated carbocycles. The van der Waals surface area contributed by atoms with Gasteiger partial charge in [0.2, 0.25) is 5.91 Å². The maximum Gasteiger partial charge on any atom is 0.270 e. The van der Waals surface area contributed by atoms with Crippen LogP contribution < -0.4 is 0 Å². The number of H-pyrrole nitrogens is 1. The molecule has 2 amide bonds. The molecule has 0 aliphatic carbocycles. The quantitative estimate of drug-likeness (QED) is 0.555. The summed E-state index contributed by atoms with van der Waals surface area (Å²) >= 11 is 0. The molecule has 4 aromatic rings. The van der Waals surface area contributed by atoms with Crippen LogP contribution in [-0.4, -0.2) is 55.6 Å². The number of pyridine rings is 1. The zero-order chi connectivity index (χ0) is 21.5. The summed E-state index contributed by atoms with van der Waals surface area (Å²) in [6.07, 6.45) is 4.13. The molecule has 0 radical (unpaired) electrons. The topological polar surface area (TPSA) is 73.7 Å². The number of carbonyl (C=O) groups is 2. The Balaban J connectivity index is 1.31. The lowest BCUT2D eigenvalue weighted by molar-refractivity contribution is -0.131. The van der Waals surface area contributed by atoms with E-state index in [1.165, 1.54) is 12.1 Å². The van der Waals surface area contributed by atoms with E-state index in [-0.39, 0.29) is 24.1 Å². The van der Waals surface area contributed by atoms with Crippen molar-refractivity contribution in [2.75, 3.05) is 19.6 Å². The fourth-order valence-corrected chi connectivity index (χ4v) is 4.10. The first-order chi connectivity index (χ1) is 15.0. The summed E-state index contributed by atoms with van der Waals surface area (Å²) < 4.78 is 15.4. The summed E-state index contributed by atoms with van der Waals surface area (Å²) in [4.78, 5) is 36.8. The van der Waals surface area contributed by atoms with E-state index >= 15 is 0 Å². The fraction of sp³-hybridized carbons (Fsp3) is 0.261. The highest BCUT2D eigenvalue weighted by Crippen LogP contribution is 2.19.